The Morgan fingerprint density at radius 1 is 1.43 bits per heavy atom. The maximum atomic E-state index is 11.8. The molecule has 0 aromatic carbocycles. The average molecular weight is 316 g/mol. The van der Waals surface area contributed by atoms with Crippen molar-refractivity contribution in [1.29, 1.82) is 0 Å². The fourth-order valence-electron chi connectivity index (χ4n) is 1.80. The lowest BCUT2D eigenvalue weighted by Crippen LogP contribution is -2.26. The van der Waals surface area contributed by atoms with Gasteiger partial charge in [0.2, 0.25) is 11.8 Å². The molecule has 7 heteroatoms. The van der Waals surface area contributed by atoms with Crippen molar-refractivity contribution < 1.29 is 14.0 Å². The van der Waals surface area contributed by atoms with Crippen LogP contribution in [0.3, 0.4) is 0 Å². The number of aromatic amines is 1. The lowest BCUT2D eigenvalue weighted by molar-refractivity contribution is -0.117. The van der Waals surface area contributed by atoms with Crippen LogP contribution >= 0.6 is 0 Å². The highest BCUT2D eigenvalue weighted by Gasteiger charge is 2.08. The van der Waals surface area contributed by atoms with E-state index >= 15 is 0 Å². The second kappa shape index (κ2) is 7.98. The van der Waals surface area contributed by atoms with Gasteiger partial charge in [-0.2, -0.15) is 5.10 Å². The molecule has 2 rings (SSSR count). The molecule has 2 aromatic heterocycles. The number of aromatic nitrogens is 2. The Morgan fingerprint density at radius 2 is 2.26 bits per heavy atom. The monoisotopic (exact) mass is 316 g/mol. The van der Waals surface area contributed by atoms with Gasteiger partial charge in [0.25, 0.3) is 0 Å². The van der Waals surface area contributed by atoms with Crippen molar-refractivity contribution in [2.45, 2.75) is 26.2 Å². The second-order valence-electron chi connectivity index (χ2n) is 5.30. The molecule has 0 saturated carbocycles. The molecule has 2 amide bonds. The number of rotatable bonds is 7. The van der Waals surface area contributed by atoms with Gasteiger partial charge in [-0.15, -0.1) is 0 Å². The number of carbonyl (C=O) groups excluding carboxylic acids is 2. The minimum absolute atomic E-state index is 0.171. The molecule has 0 atom stereocenters. The van der Waals surface area contributed by atoms with Crippen molar-refractivity contribution in [2.24, 2.45) is 0 Å². The summed E-state index contributed by atoms with van der Waals surface area (Å²) < 4.78 is 5.07. The normalized spacial score (nSPS) is 11.1. The summed E-state index contributed by atoms with van der Waals surface area (Å²) in [4.78, 5) is 23.3. The quantitative estimate of drug-likeness (QED) is 0.682. The van der Waals surface area contributed by atoms with Gasteiger partial charge in [0.05, 0.1) is 6.26 Å². The predicted octanol–water partition coefficient (Wildman–Crippen LogP) is 2.28. The third-order valence-electron chi connectivity index (χ3n) is 3.08. The summed E-state index contributed by atoms with van der Waals surface area (Å²) in [7, 11) is 0. The molecule has 0 radical (unpaired) electrons. The first-order valence-corrected chi connectivity index (χ1v) is 7.39. The van der Waals surface area contributed by atoms with Crippen molar-refractivity contribution in [1.82, 2.24) is 15.5 Å². The summed E-state index contributed by atoms with van der Waals surface area (Å²) in [6.45, 7) is 4.31. The number of hydrogen-bond donors (Lipinski definition) is 3. The zero-order valence-corrected chi connectivity index (χ0v) is 13.1. The number of carbonyl (C=O) groups is 2. The van der Waals surface area contributed by atoms with Crippen LogP contribution in [0, 0.1) is 0 Å². The van der Waals surface area contributed by atoms with Crippen molar-refractivity contribution in [3.05, 3.63) is 42.0 Å². The van der Waals surface area contributed by atoms with Gasteiger partial charge in [-0.05, 0) is 24.1 Å². The van der Waals surface area contributed by atoms with Crippen LogP contribution in [0.25, 0.3) is 6.08 Å². The summed E-state index contributed by atoms with van der Waals surface area (Å²) in [6.07, 6.45) is 4.62. The Labute approximate surface area is 134 Å². The van der Waals surface area contributed by atoms with E-state index < -0.39 is 0 Å². The van der Waals surface area contributed by atoms with Gasteiger partial charge in [-0.1, -0.05) is 13.8 Å². The summed E-state index contributed by atoms with van der Waals surface area (Å²) in [6, 6.07) is 5.28. The third-order valence-corrected chi connectivity index (χ3v) is 3.08. The standard InChI is InChI=1S/C16H20N4O3/c1-11(2)13-10-14(20-19-13)18-16(22)7-8-17-15(21)6-5-12-4-3-9-23-12/h3-6,9-11H,7-8H2,1-2H3,(H,17,21)(H2,18,19,20,22). The molecule has 0 unspecified atom stereocenters. The number of nitrogens with zero attached hydrogens (tertiary/aromatic N) is 1. The minimum Gasteiger partial charge on any atom is -0.465 e. The van der Waals surface area contributed by atoms with E-state index in [0.717, 1.165) is 5.69 Å². The Morgan fingerprint density at radius 3 is 2.91 bits per heavy atom. The molecule has 0 fully saturated rings. The topological polar surface area (TPSA) is 100 Å². The number of furan rings is 1. The SMILES string of the molecule is CC(C)c1cc(NC(=O)CCNC(=O)C=Cc2ccco2)n[nH]1. The van der Waals surface area contributed by atoms with Gasteiger partial charge >= 0.3 is 0 Å². The fourth-order valence-corrected chi connectivity index (χ4v) is 1.80. The van der Waals surface area contributed by atoms with Crippen molar-refractivity contribution in [2.75, 3.05) is 11.9 Å². The maximum Gasteiger partial charge on any atom is 0.244 e. The highest BCUT2D eigenvalue weighted by molar-refractivity contribution is 5.93. The van der Waals surface area contributed by atoms with Crippen LogP contribution in [0.15, 0.2) is 35.0 Å². The Balaban J connectivity index is 1.68. The Bertz CT molecular complexity index is 671. The van der Waals surface area contributed by atoms with Gasteiger partial charge in [-0.3, -0.25) is 14.7 Å². The zero-order chi connectivity index (χ0) is 16.7. The molecule has 0 bridgehead atoms. The lowest BCUT2D eigenvalue weighted by Gasteiger charge is -2.02. The second-order valence-corrected chi connectivity index (χ2v) is 5.30. The number of anilines is 1. The van der Waals surface area contributed by atoms with Crippen LogP contribution in [0.4, 0.5) is 5.82 Å². The van der Waals surface area contributed by atoms with E-state index in [4.69, 9.17) is 4.42 Å². The van der Waals surface area contributed by atoms with Crippen LogP contribution in [0.2, 0.25) is 0 Å². The molecule has 23 heavy (non-hydrogen) atoms. The molecular weight excluding hydrogens is 296 g/mol. The first kappa shape index (κ1) is 16.5. The Kier molecular flexibility index (Phi) is 5.74. The van der Waals surface area contributed by atoms with E-state index in [9.17, 15) is 9.59 Å². The largest absolute Gasteiger partial charge is 0.465 e. The molecule has 0 aliphatic rings. The molecular formula is C16H20N4O3. The summed E-state index contributed by atoms with van der Waals surface area (Å²) in [5.74, 6) is 0.909. The van der Waals surface area contributed by atoms with E-state index in [0.29, 0.717) is 17.5 Å². The van der Waals surface area contributed by atoms with Gasteiger partial charge in [0.1, 0.15) is 5.76 Å². The number of nitrogens with one attached hydrogen (secondary N) is 3. The molecule has 0 spiro atoms. The molecule has 3 N–H and O–H groups in total. The number of hydrogen-bond acceptors (Lipinski definition) is 4. The van der Waals surface area contributed by atoms with Crippen molar-refractivity contribution in [3.8, 4) is 0 Å². The van der Waals surface area contributed by atoms with Crippen LogP contribution < -0.4 is 10.6 Å². The third kappa shape index (κ3) is 5.46. The predicted molar refractivity (Wildman–Crippen MR) is 86.7 cm³/mol. The van der Waals surface area contributed by atoms with Crippen molar-refractivity contribution in [3.63, 3.8) is 0 Å². The van der Waals surface area contributed by atoms with Gasteiger partial charge in [-0.25, -0.2) is 0 Å². The summed E-state index contributed by atoms with van der Waals surface area (Å²) in [5.41, 5.74) is 0.955. The van der Waals surface area contributed by atoms with E-state index in [1.165, 1.54) is 12.3 Å². The number of amides is 2. The first-order valence-electron chi connectivity index (χ1n) is 7.39. The summed E-state index contributed by atoms with van der Waals surface area (Å²) >= 11 is 0. The summed E-state index contributed by atoms with van der Waals surface area (Å²) in [5, 5.41) is 12.2. The van der Waals surface area contributed by atoms with Gasteiger partial charge in [0.15, 0.2) is 5.82 Å². The smallest absolute Gasteiger partial charge is 0.244 e. The van der Waals surface area contributed by atoms with Gasteiger partial charge in [0, 0.05) is 30.8 Å². The molecule has 0 saturated heterocycles. The number of H-pyrrole nitrogens is 1. The zero-order valence-electron chi connectivity index (χ0n) is 13.1. The lowest BCUT2D eigenvalue weighted by atomic mass is 10.1. The van der Waals surface area contributed by atoms with E-state index in [2.05, 4.69) is 20.8 Å². The van der Waals surface area contributed by atoms with Crippen LogP contribution in [-0.4, -0.2) is 28.6 Å². The molecule has 7 nitrogen and oxygen atoms in total. The highest BCUT2D eigenvalue weighted by atomic mass is 16.3. The van der Waals surface area contributed by atoms with E-state index in [-0.39, 0.29) is 24.8 Å². The van der Waals surface area contributed by atoms with Crippen molar-refractivity contribution >= 4 is 23.7 Å². The molecule has 122 valence electrons. The fraction of sp³-hybridized carbons (Fsp3) is 0.312. The average Bonchev–Trinajstić information content (AvgIpc) is 3.16. The highest BCUT2D eigenvalue weighted by Crippen LogP contribution is 2.14. The minimum atomic E-state index is -0.281. The molecule has 2 heterocycles. The van der Waals surface area contributed by atoms with E-state index in [1.54, 1.807) is 24.3 Å². The first-order chi connectivity index (χ1) is 11.0. The molecule has 2 aromatic rings. The van der Waals surface area contributed by atoms with E-state index in [1.807, 2.05) is 13.8 Å². The van der Waals surface area contributed by atoms with Gasteiger partial charge < -0.3 is 15.1 Å². The molecule has 0 aliphatic heterocycles. The maximum absolute atomic E-state index is 11.8. The Hall–Kier alpha value is -2.83. The van der Waals surface area contributed by atoms with Crippen LogP contribution in [0.1, 0.15) is 37.6 Å². The molecule has 0 aliphatic carbocycles. The van der Waals surface area contributed by atoms with Crippen LogP contribution in [-0.2, 0) is 9.59 Å². The van der Waals surface area contributed by atoms with Crippen LogP contribution in [0.5, 0.6) is 0 Å².